The molecule has 0 aliphatic carbocycles. The van der Waals surface area contributed by atoms with Crippen molar-refractivity contribution in [1.82, 2.24) is 9.88 Å². The first-order valence-corrected chi connectivity index (χ1v) is 5.29. The standard InChI is InChI=1S/C12H14N2/c1-5-13-6-2-10(1)12-9-14-7-3-11(12)4-8-14/h1-2,5-6,9,11H,3-4,7-8H2. The minimum absolute atomic E-state index is 0.794. The van der Waals surface area contributed by atoms with Crippen molar-refractivity contribution in [1.29, 1.82) is 0 Å². The van der Waals surface area contributed by atoms with E-state index in [0.29, 0.717) is 0 Å². The second-order valence-corrected chi connectivity index (χ2v) is 4.13. The van der Waals surface area contributed by atoms with E-state index in [-0.39, 0.29) is 0 Å². The van der Waals surface area contributed by atoms with Gasteiger partial charge in [0.05, 0.1) is 0 Å². The molecule has 2 bridgehead atoms. The Morgan fingerprint density at radius 1 is 1.14 bits per heavy atom. The number of hydrogen-bond acceptors (Lipinski definition) is 2. The van der Waals surface area contributed by atoms with Gasteiger partial charge in [-0.25, -0.2) is 0 Å². The molecule has 1 aromatic rings. The van der Waals surface area contributed by atoms with Crippen LogP contribution in [0.1, 0.15) is 18.4 Å². The monoisotopic (exact) mass is 186 g/mol. The Bertz CT molecular complexity index is 348. The van der Waals surface area contributed by atoms with E-state index in [1.54, 1.807) is 0 Å². The maximum absolute atomic E-state index is 4.06. The normalized spacial score (nSPS) is 21.1. The smallest absolute Gasteiger partial charge is 0.0273 e. The summed E-state index contributed by atoms with van der Waals surface area (Å²) in [6, 6.07) is 4.24. The molecule has 0 N–H and O–H groups in total. The molecule has 2 nitrogen and oxygen atoms in total. The lowest BCUT2D eigenvalue weighted by Gasteiger charge is -2.39. The number of hydrogen-bond donors (Lipinski definition) is 0. The summed E-state index contributed by atoms with van der Waals surface area (Å²) in [5, 5.41) is 0. The number of piperidine rings is 1. The van der Waals surface area contributed by atoms with E-state index in [4.69, 9.17) is 0 Å². The van der Waals surface area contributed by atoms with Crippen molar-refractivity contribution >= 4 is 5.57 Å². The number of nitrogens with zero attached hydrogens (tertiary/aromatic N) is 2. The molecule has 72 valence electrons. The first kappa shape index (κ1) is 8.04. The van der Waals surface area contributed by atoms with E-state index in [9.17, 15) is 0 Å². The summed E-state index contributed by atoms with van der Waals surface area (Å²) in [6.45, 7) is 2.50. The molecular formula is C12H14N2. The van der Waals surface area contributed by atoms with Gasteiger partial charge in [-0.05, 0) is 42.0 Å². The zero-order chi connectivity index (χ0) is 9.38. The highest BCUT2D eigenvalue weighted by Crippen LogP contribution is 2.36. The van der Waals surface area contributed by atoms with E-state index in [1.165, 1.54) is 37.1 Å². The fourth-order valence-electron chi connectivity index (χ4n) is 2.50. The summed E-state index contributed by atoms with van der Waals surface area (Å²) in [7, 11) is 0. The van der Waals surface area contributed by atoms with Crippen LogP contribution in [-0.2, 0) is 0 Å². The summed E-state index contributed by atoms with van der Waals surface area (Å²) >= 11 is 0. The second kappa shape index (κ2) is 3.12. The van der Waals surface area contributed by atoms with Crippen LogP contribution in [0.25, 0.3) is 5.57 Å². The van der Waals surface area contributed by atoms with Crippen LogP contribution in [0.5, 0.6) is 0 Å². The molecule has 0 spiro atoms. The lowest BCUT2D eigenvalue weighted by atomic mass is 9.83. The van der Waals surface area contributed by atoms with Crippen LogP contribution in [0, 0.1) is 5.92 Å². The minimum Gasteiger partial charge on any atom is -0.377 e. The van der Waals surface area contributed by atoms with Crippen molar-refractivity contribution in [3.63, 3.8) is 0 Å². The van der Waals surface area contributed by atoms with Crippen molar-refractivity contribution in [2.75, 3.05) is 13.1 Å². The Morgan fingerprint density at radius 3 is 2.43 bits per heavy atom. The van der Waals surface area contributed by atoms with E-state index in [0.717, 1.165) is 5.92 Å². The summed E-state index contributed by atoms with van der Waals surface area (Å²) in [6.07, 6.45) is 8.76. The fraction of sp³-hybridized carbons (Fsp3) is 0.417. The molecule has 0 saturated carbocycles. The van der Waals surface area contributed by atoms with Crippen LogP contribution in [0.15, 0.2) is 30.7 Å². The lowest BCUT2D eigenvalue weighted by Crippen LogP contribution is -2.35. The van der Waals surface area contributed by atoms with Gasteiger partial charge in [0.25, 0.3) is 0 Å². The zero-order valence-electron chi connectivity index (χ0n) is 8.19. The topological polar surface area (TPSA) is 16.1 Å². The van der Waals surface area contributed by atoms with Crippen LogP contribution in [0.4, 0.5) is 0 Å². The van der Waals surface area contributed by atoms with Gasteiger partial charge in [-0.2, -0.15) is 0 Å². The lowest BCUT2D eigenvalue weighted by molar-refractivity contribution is 0.252. The Balaban J connectivity index is 2.00. The van der Waals surface area contributed by atoms with Gasteiger partial charge in [0.15, 0.2) is 0 Å². The molecule has 1 saturated heterocycles. The molecule has 0 aromatic carbocycles. The predicted molar refractivity (Wildman–Crippen MR) is 56.5 cm³/mol. The van der Waals surface area contributed by atoms with Crippen molar-refractivity contribution in [3.05, 3.63) is 36.3 Å². The molecule has 0 amide bonds. The molecule has 4 heterocycles. The Labute approximate surface area is 84.3 Å². The van der Waals surface area contributed by atoms with Gasteiger partial charge in [0.1, 0.15) is 0 Å². The molecule has 14 heavy (non-hydrogen) atoms. The number of allylic oxidation sites excluding steroid dienone is 1. The first-order valence-electron chi connectivity index (χ1n) is 5.29. The van der Waals surface area contributed by atoms with Crippen molar-refractivity contribution in [3.8, 4) is 0 Å². The van der Waals surface area contributed by atoms with Gasteiger partial charge in [-0.3, -0.25) is 4.98 Å². The molecule has 3 aliphatic heterocycles. The SMILES string of the molecule is C1=C(c2ccncc2)C2CCN1CC2. The maximum Gasteiger partial charge on any atom is 0.0273 e. The Hall–Kier alpha value is -1.31. The van der Waals surface area contributed by atoms with Crippen molar-refractivity contribution in [2.24, 2.45) is 5.92 Å². The average Bonchev–Trinajstić information content (AvgIpc) is 2.32. The van der Waals surface area contributed by atoms with Crippen LogP contribution >= 0.6 is 0 Å². The van der Waals surface area contributed by atoms with E-state index in [1.807, 2.05) is 12.4 Å². The van der Waals surface area contributed by atoms with Crippen LogP contribution < -0.4 is 0 Å². The number of fused-ring (bicyclic) bond motifs is 2. The summed E-state index contributed by atoms with van der Waals surface area (Å²) < 4.78 is 0. The van der Waals surface area contributed by atoms with Gasteiger partial charge < -0.3 is 4.90 Å². The third-order valence-electron chi connectivity index (χ3n) is 3.30. The molecule has 3 aliphatic rings. The number of aromatic nitrogens is 1. The quantitative estimate of drug-likeness (QED) is 0.668. The first-order chi connectivity index (χ1) is 6.93. The largest absolute Gasteiger partial charge is 0.377 e. The zero-order valence-corrected chi connectivity index (χ0v) is 8.19. The van der Waals surface area contributed by atoms with Gasteiger partial charge >= 0.3 is 0 Å². The highest BCUT2D eigenvalue weighted by Gasteiger charge is 2.27. The van der Waals surface area contributed by atoms with Gasteiger partial charge in [-0.15, -0.1) is 0 Å². The Morgan fingerprint density at radius 2 is 1.86 bits per heavy atom. The molecule has 0 atom stereocenters. The predicted octanol–water partition coefficient (Wildman–Crippen LogP) is 2.15. The number of pyridine rings is 1. The van der Waals surface area contributed by atoms with Crippen LogP contribution in [-0.4, -0.2) is 23.0 Å². The van der Waals surface area contributed by atoms with E-state index >= 15 is 0 Å². The van der Waals surface area contributed by atoms with Crippen LogP contribution in [0.3, 0.4) is 0 Å². The second-order valence-electron chi connectivity index (χ2n) is 4.13. The molecular weight excluding hydrogens is 172 g/mol. The molecule has 0 unspecified atom stereocenters. The molecule has 1 aromatic heterocycles. The minimum atomic E-state index is 0.794. The molecule has 1 fully saturated rings. The molecule has 0 radical (unpaired) electrons. The summed E-state index contributed by atoms with van der Waals surface area (Å²) in [5.41, 5.74) is 2.87. The van der Waals surface area contributed by atoms with Crippen LogP contribution in [0.2, 0.25) is 0 Å². The summed E-state index contributed by atoms with van der Waals surface area (Å²) in [4.78, 5) is 6.50. The van der Waals surface area contributed by atoms with Crippen molar-refractivity contribution < 1.29 is 0 Å². The fourth-order valence-corrected chi connectivity index (χ4v) is 2.50. The highest BCUT2D eigenvalue weighted by atomic mass is 15.1. The number of rotatable bonds is 1. The Kier molecular flexibility index (Phi) is 1.79. The summed E-state index contributed by atoms with van der Waals surface area (Å²) in [5.74, 6) is 0.794. The van der Waals surface area contributed by atoms with E-state index in [2.05, 4.69) is 28.2 Å². The highest BCUT2D eigenvalue weighted by molar-refractivity contribution is 5.68. The van der Waals surface area contributed by atoms with Gasteiger partial charge in [0, 0.05) is 31.7 Å². The van der Waals surface area contributed by atoms with E-state index < -0.39 is 0 Å². The van der Waals surface area contributed by atoms with Crippen molar-refractivity contribution in [2.45, 2.75) is 12.8 Å². The third kappa shape index (κ3) is 1.22. The maximum atomic E-state index is 4.06. The molecule has 2 heteroatoms. The van der Waals surface area contributed by atoms with Gasteiger partial charge in [-0.1, -0.05) is 0 Å². The van der Waals surface area contributed by atoms with Gasteiger partial charge in [0.2, 0.25) is 0 Å². The average molecular weight is 186 g/mol. The molecule has 4 rings (SSSR count). The third-order valence-corrected chi connectivity index (χ3v) is 3.30.